The lowest BCUT2D eigenvalue weighted by Crippen LogP contribution is -2.28. The molecule has 1 unspecified atom stereocenters. The summed E-state index contributed by atoms with van der Waals surface area (Å²) >= 11 is 1.79. The van der Waals surface area contributed by atoms with Gasteiger partial charge in [0.15, 0.2) is 5.13 Å². The zero-order valence-corrected chi connectivity index (χ0v) is 14.2. The maximum Gasteiger partial charge on any atom is 0.186 e. The van der Waals surface area contributed by atoms with Crippen molar-refractivity contribution in [2.24, 2.45) is 0 Å². The van der Waals surface area contributed by atoms with Gasteiger partial charge in [0.05, 0.1) is 5.69 Å². The van der Waals surface area contributed by atoms with E-state index >= 15 is 0 Å². The highest BCUT2D eigenvalue weighted by molar-refractivity contribution is 7.16. The Morgan fingerprint density at radius 3 is 2.62 bits per heavy atom. The predicted molar refractivity (Wildman–Crippen MR) is 93.1 cm³/mol. The third kappa shape index (κ3) is 3.83. The third-order valence-electron chi connectivity index (χ3n) is 3.74. The molecule has 1 heterocycles. The van der Waals surface area contributed by atoms with Crippen molar-refractivity contribution in [1.29, 1.82) is 0 Å². The average Bonchev–Trinajstić information content (AvgIpc) is 2.92. The van der Waals surface area contributed by atoms with Gasteiger partial charge in [-0.3, -0.25) is 0 Å². The number of nitrogens with zero attached hydrogens (tertiary/aromatic N) is 2. The number of hydrogen-bond acceptors (Lipinski definition) is 4. The van der Waals surface area contributed by atoms with E-state index in [4.69, 9.17) is 4.98 Å². The second-order valence-electron chi connectivity index (χ2n) is 5.41. The predicted octanol–water partition coefficient (Wildman–Crippen LogP) is 4.15. The van der Waals surface area contributed by atoms with E-state index < -0.39 is 0 Å². The SMILES string of the molecule is CCCC(C)N(C)c1nc(-c2ccccc2)c(CNC)s1. The van der Waals surface area contributed by atoms with E-state index in [1.807, 2.05) is 13.1 Å². The highest BCUT2D eigenvalue weighted by Crippen LogP contribution is 2.33. The van der Waals surface area contributed by atoms with Gasteiger partial charge < -0.3 is 10.2 Å². The molecule has 0 aliphatic carbocycles. The first-order valence-electron chi connectivity index (χ1n) is 7.59. The summed E-state index contributed by atoms with van der Waals surface area (Å²) in [6, 6.07) is 11.0. The lowest BCUT2D eigenvalue weighted by Gasteiger charge is -2.23. The zero-order valence-electron chi connectivity index (χ0n) is 13.4. The topological polar surface area (TPSA) is 28.2 Å². The second kappa shape index (κ2) is 7.57. The van der Waals surface area contributed by atoms with E-state index in [0.29, 0.717) is 6.04 Å². The Bertz CT molecular complexity index is 550. The van der Waals surface area contributed by atoms with Crippen LogP contribution in [0, 0.1) is 0 Å². The van der Waals surface area contributed by atoms with Crippen LogP contribution in [-0.2, 0) is 6.54 Å². The van der Waals surface area contributed by atoms with Crippen molar-refractivity contribution in [2.75, 3.05) is 19.0 Å². The number of hydrogen-bond donors (Lipinski definition) is 1. The first kappa shape index (κ1) is 16.0. The van der Waals surface area contributed by atoms with E-state index in [0.717, 1.165) is 17.4 Å². The monoisotopic (exact) mass is 303 g/mol. The Kier molecular flexibility index (Phi) is 5.76. The maximum absolute atomic E-state index is 4.91. The number of anilines is 1. The Morgan fingerprint density at radius 2 is 2.00 bits per heavy atom. The van der Waals surface area contributed by atoms with Crippen LogP contribution in [-0.4, -0.2) is 25.1 Å². The van der Waals surface area contributed by atoms with Crippen molar-refractivity contribution in [2.45, 2.75) is 39.3 Å². The molecule has 1 N–H and O–H groups in total. The normalized spacial score (nSPS) is 12.4. The van der Waals surface area contributed by atoms with Crippen molar-refractivity contribution >= 4 is 16.5 Å². The van der Waals surface area contributed by atoms with Crippen LogP contribution in [0.1, 0.15) is 31.6 Å². The highest BCUT2D eigenvalue weighted by Gasteiger charge is 2.17. The van der Waals surface area contributed by atoms with Gasteiger partial charge in [0, 0.05) is 30.1 Å². The number of aromatic nitrogens is 1. The molecule has 1 aromatic heterocycles. The molecular weight excluding hydrogens is 278 g/mol. The number of rotatable bonds is 7. The molecule has 0 aliphatic heterocycles. The average molecular weight is 303 g/mol. The largest absolute Gasteiger partial charge is 0.348 e. The molecule has 0 amide bonds. The molecular formula is C17H25N3S. The highest BCUT2D eigenvalue weighted by atomic mass is 32.1. The summed E-state index contributed by atoms with van der Waals surface area (Å²) in [5.74, 6) is 0. The zero-order chi connectivity index (χ0) is 15.2. The molecule has 4 heteroatoms. The van der Waals surface area contributed by atoms with Crippen molar-refractivity contribution in [3.05, 3.63) is 35.2 Å². The Balaban J connectivity index is 2.33. The molecule has 0 spiro atoms. The van der Waals surface area contributed by atoms with E-state index in [1.165, 1.54) is 23.3 Å². The van der Waals surface area contributed by atoms with Gasteiger partial charge >= 0.3 is 0 Å². The van der Waals surface area contributed by atoms with Gasteiger partial charge in [0.25, 0.3) is 0 Å². The maximum atomic E-state index is 4.91. The van der Waals surface area contributed by atoms with Gasteiger partial charge in [0.1, 0.15) is 0 Å². The van der Waals surface area contributed by atoms with Crippen molar-refractivity contribution in [1.82, 2.24) is 10.3 Å². The summed E-state index contributed by atoms with van der Waals surface area (Å²) in [7, 11) is 4.13. The molecule has 114 valence electrons. The summed E-state index contributed by atoms with van der Waals surface area (Å²) in [5.41, 5.74) is 2.31. The van der Waals surface area contributed by atoms with Crippen molar-refractivity contribution in [3.8, 4) is 11.3 Å². The molecule has 0 bridgehead atoms. The smallest absolute Gasteiger partial charge is 0.186 e. The minimum Gasteiger partial charge on any atom is -0.348 e. The quantitative estimate of drug-likeness (QED) is 0.832. The fraction of sp³-hybridized carbons (Fsp3) is 0.471. The first-order valence-corrected chi connectivity index (χ1v) is 8.41. The Hall–Kier alpha value is -1.39. The summed E-state index contributed by atoms with van der Waals surface area (Å²) in [6.07, 6.45) is 2.39. The van der Waals surface area contributed by atoms with Gasteiger partial charge in [-0.1, -0.05) is 55.0 Å². The van der Waals surface area contributed by atoms with E-state index in [9.17, 15) is 0 Å². The number of thiazole rings is 1. The van der Waals surface area contributed by atoms with Gasteiger partial charge in [-0.15, -0.1) is 0 Å². The van der Waals surface area contributed by atoms with Crippen molar-refractivity contribution in [3.63, 3.8) is 0 Å². The van der Waals surface area contributed by atoms with Crippen molar-refractivity contribution < 1.29 is 0 Å². The summed E-state index contributed by atoms with van der Waals surface area (Å²) < 4.78 is 0. The van der Waals surface area contributed by atoms with Crippen LogP contribution in [0.5, 0.6) is 0 Å². The number of nitrogens with one attached hydrogen (secondary N) is 1. The second-order valence-corrected chi connectivity index (χ2v) is 6.48. The third-order valence-corrected chi connectivity index (χ3v) is 4.89. The molecule has 1 aromatic carbocycles. The van der Waals surface area contributed by atoms with Gasteiger partial charge in [0.2, 0.25) is 0 Å². The van der Waals surface area contributed by atoms with Crippen LogP contribution < -0.4 is 10.2 Å². The summed E-state index contributed by atoms with van der Waals surface area (Å²) in [4.78, 5) is 8.51. The molecule has 0 saturated heterocycles. The van der Waals surface area contributed by atoms with Crippen LogP contribution >= 0.6 is 11.3 Å². The van der Waals surface area contributed by atoms with E-state index in [-0.39, 0.29) is 0 Å². The molecule has 0 aliphatic rings. The Morgan fingerprint density at radius 1 is 1.29 bits per heavy atom. The van der Waals surface area contributed by atoms with E-state index in [1.54, 1.807) is 11.3 Å². The molecule has 2 aromatic rings. The van der Waals surface area contributed by atoms with Crippen LogP contribution in [0.25, 0.3) is 11.3 Å². The van der Waals surface area contributed by atoms with Gasteiger partial charge in [-0.05, 0) is 20.4 Å². The fourth-order valence-electron chi connectivity index (χ4n) is 2.39. The Labute approximate surface area is 132 Å². The minimum absolute atomic E-state index is 0.521. The molecule has 1 atom stereocenters. The molecule has 0 fully saturated rings. The first-order chi connectivity index (χ1) is 10.2. The summed E-state index contributed by atoms with van der Waals surface area (Å²) in [6.45, 7) is 5.36. The van der Waals surface area contributed by atoms with Gasteiger partial charge in [-0.2, -0.15) is 0 Å². The summed E-state index contributed by atoms with van der Waals surface area (Å²) in [5, 5.41) is 4.36. The molecule has 0 radical (unpaired) electrons. The fourth-order valence-corrected chi connectivity index (χ4v) is 3.55. The lowest BCUT2D eigenvalue weighted by atomic mass is 10.1. The van der Waals surface area contributed by atoms with E-state index in [2.05, 4.69) is 55.4 Å². The molecule has 0 saturated carbocycles. The molecule has 3 nitrogen and oxygen atoms in total. The minimum atomic E-state index is 0.521. The molecule has 21 heavy (non-hydrogen) atoms. The van der Waals surface area contributed by atoms with Crippen LogP contribution in [0.2, 0.25) is 0 Å². The molecule has 2 rings (SSSR count). The van der Waals surface area contributed by atoms with Crippen LogP contribution in [0.3, 0.4) is 0 Å². The lowest BCUT2D eigenvalue weighted by molar-refractivity contribution is 0.615. The standard InChI is InChI=1S/C17H25N3S/c1-5-9-13(2)20(4)17-19-16(15(21-17)12-18-3)14-10-7-6-8-11-14/h6-8,10-11,13,18H,5,9,12H2,1-4H3. The van der Waals surface area contributed by atoms with Crippen LogP contribution in [0.15, 0.2) is 30.3 Å². The van der Waals surface area contributed by atoms with Gasteiger partial charge in [-0.25, -0.2) is 4.98 Å². The van der Waals surface area contributed by atoms with Crippen LogP contribution in [0.4, 0.5) is 5.13 Å². The number of benzene rings is 1.